The number of piperazine rings is 1. The van der Waals surface area contributed by atoms with Crippen LogP contribution >= 0.6 is 0 Å². The van der Waals surface area contributed by atoms with Gasteiger partial charge in [-0.15, -0.1) is 0 Å². The van der Waals surface area contributed by atoms with Crippen LogP contribution in [-0.4, -0.2) is 53.3 Å². The van der Waals surface area contributed by atoms with E-state index in [1.807, 2.05) is 39.8 Å². The van der Waals surface area contributed by atoms with Crippen molar-refractivity contribution >= 4 is 17.7 Å². The lowest BCUT2D eigenvalue weighted by molar-refractivity contribution is 0.0159. The van der Waals surface area contributed by atoms with Crippen LogP contribution in [0.4, 0.5) is 10.5 Å². The quantitative estimate of drug-likeness (QED) is 0.900. The minimum atomic E-state index is -0.921. The van der Waals surface area contributed by atoms with E-state index in [2.05, 4.69) is 4.90 Å². The van der Waals surface area contributed by atoms with Crippen LogP contribution < -0.4 is 4.90 Å². The van der Waals surface area contributed by atoms with Crippen molar-refractivity contribution in [2.75, 3.05) is 24.5 Å². The van der Waals surface area contributed by atoms with Gasteiger partial charge in [0.15, 0.2) is 0 Å². The van der Waals surface area contributed by atoms with Gasteiger partial charge in [0, 0.05) is 31.4 Å². The maximum Gasteiger partial charge on any atom is 0.410 e. The van der Waals surface area contributed by atoms with Gasteiger partial charge in [-0.3, -0.25) is 0 Å². The predicted molar refractivity (Wildman–Crippen MR) is 92.8 cm³/mol. The summed E-state index contributed by atoms with van der Waals surface area (Å²) in [6.07, 6.45) is -0.301. The Bertz CT molecular complexity index is 636. The SMILES string of the molecule is Cc1ccc(N2CCN(C(=O)OC(C)(C)C)C(C)C2)cc1C(=O)O. The van der Waals surface area contributed by atoms with Gasteiger partial charge in [-0.1, -0.05) is 6.07 Å². The molecule has 1 aromatic carbocycles. The third kappa shape index (κ3) is 4.19. The van der Waals surface area contributed by atoms with E-state index in [0.29, 0.717) is 25.2 Å². The zero-order chi connectivity index (χ0) is 18.1. The molecule has 0 spiro atoms. The lowest BCUT2D eigenvalue weighted by Gasteiger charge is -2.41. The van der Waals surface area contributed by atoms with E-state index in [0.717, 1.165) is 11.3 Å². The summed E-state index contributed by atoms with van der Waals surface area (Å²) in [5.41, 5.74) is 1.41. The van der Waals surface area contributed by atoms with E-state index in [1.165, 1.54) is 0 Å². The summed E-state index contributed by atoms with van der Waals surface area (Å²) in [6, 6.07) is 5.44. The fraction of sp³-hybridized carbons (Fsp3) is 0.556. The molecule has 1 amide bonds. The van der Waals surface area contributed by atoms with Gasteiger partial charge in [-0.2, -0.15) is 0 Å². The van der Waals surface area contributed by atoms with Gasteiger partial charge in [-0.25, -0.2) is 9.59 Å². The van der Waals surface area contributed by atoms with Crippen LogP contribution in [0.15, 0.2) is 18.2 Å². The topological polar surface area (TPSA) is 70.1 Å². The zero-order valence-corrected chi connectivity index (χ0v) is 15.0. The van der Waals surface area contributed by atoms with Gasteiger partial charge in [0.25, 0.3) is 0 Å². The van der Waals surface area contributed by atoms with Crippen LogP contribution in [0.25, 0.3) is 0 Å². The van der Waals surface area contributed by atoms with Crippen LogP contribution in [0, 0.1) is 6.92 Å². The average Bonchev–Trinajstić information content (AvgIpc) is 2.45. The molecular formula is C18H26N2O4. The van der Waals surface area contributed by atoms with Gasteiger partial charge in [0.2, 0.25) is 0 Å². The van der Waals surface area contributed by atoms with Crippen LogP contribution in [0.2, 0.25) is 0 Å². The summed E-state index contributed by atoms with van der Waals surface area (Å²) >= 11 is 0. The number of carbonyl (C=O) groups excluding carboxylic acids is 1. The zero-order valence-electron chi connectivity index (χ0n) is 15.0. The Kier molecular flexibility index (Phi) is 5.06. The molecule has 132 valence electrons. The molecule has 0 saturated carbocycles. The number of amides is 1. The summed E-state index contributed by atoms with van der Waals surface area (Å²) in [4.78, 5) is 27.4. The highest BCUT2D eigenvalue weighted by atomic mass is 16.6. The number of carbonyl (C=O) groups is 2. The van der Waals surface area contributed by atoms with E-state index >= 15 is 0 Å². The Morgan fingerprint density at radius 1 is 1.25 bits per heavy atom. The van der Waals surface area contributed by atoms with Gasteiger partial charge in [0.05, 0.1) is 5.56 Å². The molecule has 1 atom stereocenters. The van der Waals surface area contributed by atoms with Crippen LogP contribution in [-0.2, 0) is 4.74 Å². The third-order valence-corrected chi connectivity index (χ3v) is 4.07. The number of hydrogen-bond acceptors (Lipinski definition) is 4. The number of carboxylic acid groups (broad SMARTS) is 1. The third-order valence-electron chi connectivity index (χ3n) is 4.07. The molecule has 6 nitrogen and oxygen atoms in total. The Hall–Kier alpha value is -2.24. The Morgan fingerprint density at radius 2 is 1.92 bits per heavy atom. The number of hydrogen-bond donors (Lipinski definition) is 1. The Morgan fingerprint density at radius 3 is 2.46 bits per heavy atom. The van der Waals surface area contributed by atoms with Crippen LogP contribution in [0.5, 0.6) is 0 Å². The molecule has 1 aliphatic heterocycles. The van der Waals surface area contributed by atoms with E-state index in [-0.39, 0.29) is 12.1 Å². The minimum Gasteiger partial charge on any atom is -0.478 e. The average molecular weight is 334 g/mol. The molecule has 1 saturated heterocycles. The largest absolute Gasteiger partial charge is 0.478 e. The number of anilines is 1. The van der Waals surface area contributed by atoms with E-state index in [9.17, 15) is 14.7 Å². The molecule has 0 radical (unpaired) electrons. The highest BCUT2D eigenvalue weighted by Gasteiger charge is 2.31. The summed E-state index contributed by atoms with van der Waals surface area (Å²) in [5.74, 6) is -0.921. The van der Waals surface area contributed by atoms with Crippen molar-refractivity contribution in [3.8, 4) is 0 Å². The molecule has 6 heteroatoms. The van der Waals surface area contributed by atoms with Crippen molar-refractivity contribution in [3.05, 3.63) is 29.3 Å². The maximum atomic E-state index is 12.3. The molecule has 1 fully saturated rings. The number of aromatic carboxylic acids is 1. The standard InChI is InChI=1S/C18H26N2O4/c1-12-6-7-14(10-15(12)16(21)22)19-8-9-20(13(2)11-19)17(23)24-18(3,4)5/h6-7,10,13H,8-9,11H2,1-5H3,(H,21,22). The summed E-state index contributed by atoms with van der Waals surface area (Å²) in [6.45, 7) is 11.2. The fourth-order valence-corrected chi connectivity index (χ4v) is 2.82. The van der Waals surface area contributed by atoms with E-state index in [4.69, 9.17) is 4.74 Å². The van der Waals surface area contributed by atoms with Crippen molar-refractivity contribution in [2.45, 2.75) is 46.3 Å². The van der Waals surface area contributed by atoms with Gasteiger partial charge in [-0.05, 0) is 52.3 Å². The van der Waals surface area contributed by atoms with Crippen molar-refractivity contribution in [1.29, 1.82) is 0 Å². The molecular weight excluding hydrogens is 308 g/mol. The van der Waals surface area contributed by atoms with Crippen molar-refractivity contribution in [2.24, 2.45) is 0 Å². The molecule has 0 aliphatic carbocycles. The number of carboxylic acids is 1. The maximum absolute atomic E-state index is 12.3. The highest BCUT2D eigenvalue weighted by Crippen LogP contribution is 2.23. The Labute approximate surface area is 143 Å². The van der Waals surface area contributed by atoms with E-state index in [1.54, 1.807) is 17.9 Å². The Balaban J connectivity index is 2.09. The molecule has 1 aromatic rings. The lowest BCUT2D eigenvalue weighted by atomic mass is 10.1. The van der Waals surface area contributed by atoms with Gasteiger partial charge >= 0.3 is 12.1 Å². The predicted octanol–water partition coefficient (Wildman–Crippen LogP) is 3.14. The highest BCUT2D eigenvalue weighted by molar-refractivity contribution is 5.90. The molecule has 1 N–H and O–H groups in total. The molecule has 2 rings (SSSR count). The smallest absolute Gasteiger partial charge is 0.410 e. The van der Waals surface area contributed by atoms with Crippen molar-refractivity contribution in [1.82, 2.24) is 4.90 Å². The van der Waals surface area contributed by atoms with Crippen molar-refractivity contribution in [3.63, 3.8) is 0 Å². The molecule has 24 heavy (non-hydrogen) atoms. The fourth-order valence-electron chi connectivity index (χ4n) is 2.82. The normalized spacial score (nSPS) is 18.5. The summed E-state index contributed by atoms with van der Waals surface area (Å²) in [7, 11) is 0. The number of rotatable bonds is 2. The van der Waals surface area contributed by atoms with Crippen LogP contribution in [0.1, 0.15) is 43.6 Å². The first-order valence-corrected chi connectivity index (χ1v) is 8.17. The lowest BCUT2D eigenvalue weighted by Crippen LogP contribution is -2.55. The first-order valence-electron chi connectivity index (χ1n) is 8.17. The van der Waals surface area contributed by atoms with Crippen LogP contribution in [0.3, 0.4) is 0 Å². The van der Waals surface area contributed by atoms with Gasteiger partial charge in [0.1, 0.15) is 5.60 Å². The molecule has 1 heterocycles. The number of benzene rings is 1. The van der Waals surface area contributed by atoms with Crippen molar-refractivity contribution < 1.29 is 19.4 Å². The first-order chi connectivity index (χ1) is 11.1. The van der Waals surface area contributed by atoms with Gasteiger partial charge < -0.3 is 19.6 Å². The molecule has 1 aliphatic rings. The second-order valence-corrected chi connectivity index (χ2v) is 7.27. The number of ether oxygens (including phenoxy) is 1. The number of nitrogens with zero attached hydrogens (tertiary/aromatic N) is 2. The monoisotopic (exact) mass is 334 g/mol. The minimum absolute atomic E-state index is 0.0109. The number of aryl methyl sites for hydroxylation is 1. The molecule has 1 unspecified atom stereocenters. The second-order valence-electron chi connectivity index (χ2n) is 7.27. The first kappa shape index (κ1) is 18.1. The molecule has 0 bridgehead atoms. The van der Waals surface area contributed by atoms with E-state index < -0.39 is 11.6 Å². The molecule has 0 aromatic heterocycles. The second kappa shape index (κ2) is 6.71. The summed E-state index contributed by atoms with van der Waals surface area (Å²) in [5, 5.41) is 9.28. The summed E-state index contributed by atoms with van der Waals surface area (Å²) < 4.78 is 5.45.